The zero-order valence-corrected chi connectivity index (χ0v) is 15.9. The molecule has 1 unspecified atom stereocenters. The molecule has 2 aromatic heterocycles. The molecule has 0 amide bonds. The van der Waals surface area contributed by atoms with E-state index in [1.165, 1.54) is 0 Å². The molecule has 0 fully saturated rings. The minimum absolute atomic E-state index is 0.270. The van der Waals surface area contributed by atoms with Gasteiger partial charge in [0, 0.05) is 18.6 Å². The summed E-state index contributed by atoms with van der Waals surface area (Å²) >= 11 is 0. The summed E-state index contributed by atoms with van der Waals surface area (Å²) < 4.78 is 13.6. The Labute approximate surface area is 170 Å². The van der Waals surface area contributed by atoms with Gasteiger partial charge in [-0.3, -0.25) is 9.88 Å². The van der Waals surface area contributed by atoms with E-state index >= 15 is 0 Å². The second-order valence-electron chi connectivity index (χ2n) is 7.05. The quantitative estimate of drug-likeness (QED) is 0.527. The number of anilines is 1. The van der Waals surface area contributed by atoms with Crippen LogP contribution in [0.25, 0.3) is 16.7 Å². The molecule has 0 radical (unpaired) electrons. The first-order valence-corrected chi connectivity index (χ1v) is 9.66. The van der Waals surface area contributed by atoms with Crippen molar-refractivity contribution in [1.82, 2.24) is 24.5 Å². The number of benzene rings is 2. The molecule has 4 aromatic rings. The minimum Gasteiger partial charge on any atom is -0.489 e. The second kappa shape index (κ2) is 6.48. The lowest BCUT2D eigenvalue weighted by Gasteiger charge is -2.22. The van der Waals surface area contributed by atoms with Gasteiger partial charge >= 0.3 is 0 Å². The van der Waals surface area contributed by atoms with Crippen molar-refractivity contribution in [3.05, 3.63) is 54.4 Å². The molecule has 0 saturated heterocycles. The lowest BCUT2D eigenvalue weighted by atomic mass is 10.2. The zero-order chi connectivity index (χ0) is 20.1. The van der Waals surface area contributed by atoms with Gasteiger partial charge in [-0.1, -0.05) is 18.2 Å². The number of nitrogens with zero attached hydrogens (tertiary/aromatic N) is 6. The van der Waals surface area contributed by atoms with Crippen LogP contribution < -0.4 is 20.5 Å². The van der Waals surface area contributed by atoms with Crippen molar-refractivity contribution < 1.29 is 9.47 Å². The van der Waals surface area contributed by atoms with Gasteiger partial charge in [-0.2, -0.15) is 9.90 Å². The van der Waals surface area contributed by atoms with E-state index in [1.54, 1.807) is 11.0 Å². The molecular formula is C20H18N8O2. The van der Waals surface area contributed by atoms with Crippen molar-refractivity contribution in [2.45, 2.75) is 12.6 Å². The molecule has 2 aliphatic heterocycles. The number of hydrogen-bond donors (Lipinski definition) is 2. The van der Waals surface area contributed by atoms with E-state index in [0.717, 1.165) is 23.1 Å². The van der Waals surface area contributed by atoms with Crippen LogP contribution in [0, 0.1) is 0 Å². The maximum Gasteiger partial charge on any atom is 0.212 e. The summed E-state index contributed by atoms with van der Waals surface area (Å²) in [4.78, 5) is 10.8. The molecule has 10 heteroatoms. The van der Waals surface area contributed by atoms with Crippen LogP contribution in [0.3, 0.4) is 0 Å². The van der Waals surface area contributed by atoms with E-state index in [-0.39, 0.29) is 5.96 Å². The highest BCUT2D eigenvalue weighted by molar-refractivity contribution is 5.95. The first-order valence-electron chi connectivity index (χ1n) is 9.66. The monoisotopic (exact) mass is 402 g/mol. The predicted molar refractivity (Wildman–Crippen MR) is 110 cm³/mol. The van der Waals surface area contributed by atoms with Gasteiger partial charge in [0.2, 0.25) is 5.95 Å². The Morgan fingerprint density at radius 2 is 1.87 bits per heavy atom. The lowest BCUT2D eigenvalue weighted by molar-refractivity contribution is 0.297. The van der Waals surface area contributed by atoms with E-state index in [2.05, 4.69) is 25.5 Å². The maximum absolute atomic E-state index is 6.04. The molecule has 0 spiro atoms. The molecule has 1 atom stereocenters. The zero-order valence-electron chi connectivity index (χ0n) is 15.9. The Morgan fingerprint density at radius 3 is 2.70 bits per heavy atom. The summed E-state index contributed by atoms with van der Waals surface area (Å²) in [6.45, 7) is 1.23. The lowest BCUT2D eigenvalue weighted by Crippen LogP contribution is -2.31. The van der Waals surface area contributed by atoms with Crippen molar-refractivity contribution >= 4 is 22.9 Å². The van der Waals surface area contributed by atoms with Gasteiger partial charge in [-0.15, -0.1) is 5.10 Å². The van der Waals surface area contributed by atoms with Crippen molar-refractivity contribution in [1.29, 1.82) is 0 Å². The number of aliphatic imine (C=N–C) groups is 1. The van der Waals surface area contributed by atoms with Gasteiger partial charge in [0.05, 0.1) is 36.1 Å². The van der Waals surface area contributed by atoms with Gasteiger partial charge < -0.3 is 15.2 Å². The predicted octanol–water partition coefficient (Wildman–Crippen LogP) is 2.07. The van der Waals surface area contributed by atoms with Crippen LogP contribution in [0.2, 0.25) is 0 Å². The number of guanidine groups is 1. The van der Waals surface area contributed by atoms with Crippen molar-refractivity contribution in [2.75, 3.05) is 18.5 Å². The molecule has 2 aromatic carbocycles. The molecule has 4 heterocycles. The number of rotatable bonds is 2. The largest absolute Gasteiger partial charge is 0.489 e. The first-order chi connectivity index (χ1) is 14.8. The number of nitrogens with two attached hydrogens (primary N) is 1. The molecule has 0 bridgehead atoms. The number of imidazole rings is 1. The summed E-state index contributed by atoms with van der Waals surface area (Å²) in [6, 6.07) is 13.5. The van der Waals surface area contributed by atoms with E-state index in [9.17, 15) is 0 Å². The van der Waals surface area contributed by atoms with Crippen LogP contribution in [-0.4, -0.2) is 43.7 Å². The summed E-state index contributed by atoms with van der Waals surface area (Å²) in [6.07, 6.45) is 2.03. The van der Waals surface area contributed by atoms with Gasteiger partial charge in [0.25, 0.3) is 0 Å². The highest BCUT2D eigenvalue weighted by Gasteiger charge is 2.28. The van der Waals surface area contributed by atoms with Crippen molar-refractivity contribution in [2.24, 2.45) is 10.7 Å². The Bertz CT molecular complexity index is 1280. The summed E-state index contributed by atoms with van der Waals surface area (Å²) in [5, 5.41) is 12.1. The van der Waals surface area contributed by atoms with Gasteiger partial charge in [0.1, 0.15) is 5.69 Å². The molecule has 0 saturated carbocycles. The van der Waals surface area contributed by atoms with Crippen molar-refractivity contribution in [3.63, 3.8) is 0 Å². The third-order valence-corrected chi connectivity index (χ3v) is 5.07. The molecular weight excluding hydrogens is 384 g/mol. The Morgan fingerprint density at radius 1 is 1.07 bits per heavy atom. The highest BCUT2D eigenvalue weighted by Crippen LogP contribution is 2.38. The summed E-state index contributed by atoms with van der Waals surface area (Å²) in [7, 11) is 0. The minimum atomic E-state index is -0.506. The standard InChI is InChI=1S/C20H18N8O2/c21-19-24-18(14-11-22-28(26-14)12-5-2-1-3-6-12)27-15-10-17-16(29-7-4-8-30-17)9-13(15)23-20(27)25-19/h1-3,5-6,9-11,18H,4,7-8H2,(H3,21,23,24,25). The first kappa shape index (κ1) is 16.8. The number of fused-ring (bicyclic) bond motifs is 4. The van der Waals surface area contributed by atoms with E-state index < -0.39 is 6.17 Å². The van der Waals surface area contributed by atoms with E-state index in [4.69, 9.17) is 15.2 Å². The molecule has 150 valence electrons. The molecule has 6 rings (SSSR count). The average molecular weight is 402 g/mol. The summed E-state index contributed by atoms with van der Waals surface area (Å²) in [5.41, 5.74) is 9.15. The molecule has 0 aliphatic carbocycles. The number of hydrogen-bond acceptors (Lipinski definition) is 8. The normalized spacial score (nSPS) is 17.7. The van der Waals surface area contributed by atoms with Crippen LogP contribution in [0.4, 0.5) is 5.95 Å². The highest BCUT2D eigenvalue weighted by atomic mass is 16.5. The van der Waals surface area contributed by atoms with Gasteiger partial charge in [-0.05, 0) is 12.1 Å². The molecule has 10 nitrogen and oxygen atoms in total. The molecule has 2 aliphatic rings. The Hall–Kier alpha value is -4.08. The number of aromatic nitrogens is 5. The van der Waals surface area contributed by atoms with Gasteiger partial charge in [-0.25, -0.2) is 9.98 Å². The van der Waals surface area contributed by atoms with Crippen molar-refractivity contribution in [3.8, 4) is 17.2 Å². The topological polar surface area (TPSA) is 117 Å². The fourth-order valence-corrected chi connectivity index (χ4v) is 3.70. The third-order valence-electron chi connectivity index (χ3n) is 5.07. The van der Waals surface area contributed by atoms with E-state index in [0.29, 0.717) is 36.4 Å². The molecule has 3 N–H and O–H groups in total. The summed E-state index contributed by atoms with van der Waals surface area (Å²) in [5.74, 6) is 2.23. The van der Waals surface area contributed by atoms with Crippen LogP contribution in [0.15, 0.2) is 53.7 Å². The van der Waals surface area contributed by atoms with Crippen LogP contribution in [-0.2, 0) is 0 Å². The van der Waals surface area contributed by atoms with Crippen LogP contribution in [0.1, 0.15) is 18.3 Å². The number of para-hydroxylation sites is 1. The second-order valence-corrected chi connectivity index (χ2v) is 7.05. The molecule has 30 heavy (non-hydrogen) atoms. The fraction of sp³-hybridized carbons (Fsp3) is 0.200. The Balaban J connectivity index is 1.48. The third kappa shape index (κ3) is 2.65. The van der Waals surface area contributed by atoms with Gasteiger partial charge in [0.15, 0.2) is 23.6 Å². The number of ether oxygens (including phenoxy) is 2. The maximum atomic E-state index is 6.04. The average Bonchev–Trinajstić information content (AvgIpc) is 3.31. The smallest absolute Gasteiger partial charge is 0.212 e. The number of nitrogens with one attached hydrogen (secondary N) is 1. The van der Waals surface area contributed by atoms with E-state index in [1.807, 2.05) is 47.0 Å². The fourth-order valence-electron chi connectivity index (χ4n) is 3.70. The Kier molecular flexibility index (Phi) is 3.63. The van der Waals surface area contributed by atoms with Crippen LogP contribution >= 0.6 is 0 Å². The SMILES string of the molecule is NC1=NC(c2cnn(-c3ccccc3)n2)n2c(nc3cc4c(cc32)OCCCO4)N1. The van der Waals surface area contributed by atoms with Crippen LogP contribution in [0.5, 0.6) is 11.5 Å².